The maximum absolute atomic E-state index is 11.6. The fraction of sp³-hybridized carbons (Fsp3) is 0.455. The molecular weight excluding hydrogens is 192 g/mol. The predicted octanol–water partition coefficient (Wildman–Crippen LogP) is 1.29. The topological polar surface area (TPSA) is 62.0 Å². The monoisotopic (exact) mass is 208 g/mol. The van der Waals surface area contributed by atoms with Crippen LogP contribution in [-0.2, 0) is 0 Å². The molecule has 2 N–H and O–H groups in total. The van der Waals surface area contributed by atoms with Gasteiger partial charge in [0, 0.05) is 12.2 Å². The van der Waals surface area contributed by atoms with Crippen LogP contribution in [0.4, 0.5) is 0 Å². The van der Waals surface area contributed by atoms with E-state index in [1.807, 2.05) is 6.92 Å². The third kappa shape index (κ3) is 3.23. The van der Waals surface area contributed by atoms with Crippen molar-refractivity contribution in [3.05, 3.63) is 34.2 Å². The second kappa shape index (κ2) is 5.34. The van der Waals surface area contributed by atoms with E-state index in [0.717, 1.165) is 12.8 Å². The van der Waals surface area contributed by atoms with E-state index in [-0.39, 0.29) is 23.1 Å². The molecule has 4 heteroatoms. The molecule has 1 atom stereocenters. The lowest BCUT2D eigenvalue weighted by Gasteiger charge is -2.11. The molecule has 1 aromatic rings. The Balaban J connectivity index is 2.70. The molecule has 15 heavy (non-hydrogen) atoms. The average molecular weight is 208 g/mol. The number of hydrogen-bond donors (Lipinski definition) is 2. The van der Waals surface area contributed by atoms with Crippen molar-refractivity contribution in [1.29, 1.82) is 0 Å². The van der Waals surface area contributed by atoms with Crippen LogP contribution in [-0.4, -0.2) is 16.9 Å². The minimum Gasteiger partial charge on any atom is -0.349 e. The molecule has 0 aliphatic heterocycles. The summed E-state index contributed by atoms with van der Waals surface area (Å²) in [6.45, 7) is 3.98. The molecule has 0 spiro atoms. The van der Waals surface area contributed by atoms with Gasteiger partial charge in [-0.25, -0.2) is 0 Å². The van der Waals surface area contributed by atoms with Crippen molar-refractivity contribution in [1.82, 2.24) is 10.3 Å². The smallest absolute Gasteiger partial charge is 0.260 e. The lowest BCUT2D eigenvalue weighted by Crippen LogP contribution is -2.35. The second-order valence-electron chi connectivity index (χ2n) is 3.58. The number of aromatic amines is 1. The summed E-state index contributed by atoms with van der Waals surface area (Å²) in [6.07, 6.45) is 3.43. The third-order valence-electron chi connectivity index (χ3n) is 2.16. The molecule has 1 amide bonds. The highest BCUT2D eigenvalue weighted by atomic mass is 16.2. The van der Waals surface area contributed by atoms with E-state index in [9.17, 15) is 9.59 Å². The molecule has 1 aromatic heterocycles. The highest BCUT2D eigenvalue weighted by Crippen LogP contribution is 1.97. The number of amides is 1. The van der Waals surface area contributed by atoms with Crippen molar-refractivity contribution in [2.45, 2.75) is 32.7 Å². The van der Waals surface area contributed by atoms with Gasteiger partial charge in [0.05, 0.1) is 0 Å². The predicted molar refractivity (Wildman–Crippen MR) is 58.9 cm³/mol. The van der Waals surface area contributed by atoms with E-state index in [1.165, 1.54) is 12.3 Å². The molecule has 0 bridgehead atoms. The molecule has 0 saturated carbocycles. The lowest BCUT2D eigenvalue weighted by molar-refractivity contribution is 0.0937. The van der Waals surface area contributed by atoms with Crippen LogP contribution in [0.25, 0.3) is 0 Å². The molecule has 0 saturated heterocycles. The molecule has 0 radical (unpaired) electrons. The summed E-state index contributed by atoms with van der Waals surface area (Å²) in [6, 6.07) is 3.26. The molecule has 0 aliphatic carbocycles. The van der Waals surface area contributed by atoms with Gasteiger partial charge in [-0.3, -0.25) is 9.59 Å². The van der Waals surface area contributed by atoms with Crippen LogP contribution in [0.2, 0.25) is 0 Å². The van der Waals surface area contributed by atoms with Gasteiger partial charge in [-0.1, -0.05) is 13.3 Å². The zero-order chi connectivity index (χ0) is 11.3. The van der Waals surface area contributed by atoms with Crippen molar-refractivity contribution in [3.8, 4) is 0 Å². The van der Waals surface area contributed by atoms with Crippen LogP contribution in [0.5, 0.6) is 0 Å². The summed E-state index contributed by atoms with van der Waals surface area (Å²) in [5.41, 5.74) is -0.181. The van der Waals surface area contributed by atoms with Crippen molar-refractivity contribution >= 4 is 5.91 Å². The first-order valence-corrected chi connectivity index (χ1v) is 5.13. The SMILES string of the molecule is CCC[C@H](C)NC(=O)c1ccc[nH]c1=O. The van der Waals surface area contributed by atoms with Crippen LogP contribution in [0.1, 0.15) is 37.0 Å². The molecule has 82 valence electrons. The Hall–Kier alpha value is -1.58. The Bertz CT molecular complexity index is 384. The number of H-pyrrole nitrogens is 1. The fourth-order valence-corrected chi connectivity index (χ4v) is 1.41. The Morgan fingerprint density at radius 1 is 1.60 bits per heavy atom. The van der Waals surface area contributed by atoms with E-state index in [0.29, 0.717) is 0 Å². The molecule has 1 rings (SSSR count). The highest BCUT2D eigenvalue weighted by Gasteiger charge is 2.11. The number of rotatable bonds is 4. The van der Waals surface area contributed by atoms with Gasteiger partial charge >= 0.3 is 0 Å². The van der Waals surface area contributed by atoms with Gasteiger partial charge in [0.2, 0.25) is 0 Å². The van der Waals surface area contributed by atoms with E-state index < -0.39 is 0 Å². The third-order valence-corrected chi connectivity index (χ3v) is 2.16. The molecular formula is C11H16N2O2. The number of carbonyl (C=O) groups is 1. The van der Waals surface area contributed by atoms with Crippen molar-refractivity contribution in [3.63, 3.8) is 0 Å². The van der Waals surface area contributed by atoms with Crippen LogP contribution < -0.4 is 10.9 Å². The number of aromatic nitrogens is 1. The zero-order valence-electron chi connectivity index (χ0n) is 9.04. The summed E-state index contributed by atoms with van der Waals surface area (Å²) in [5, 5.41) is 2.78. The van der Waals surface area contributed by atoms with Gasteiger partial charge < -0.3 is 10.3 Å². The Morgan fingerprint density at radius 3 is 2.93 bits per heavy atom. The van der Waals surface area contributed by atoms with Gasteiger partial charge in [-0.15, -0.1) is 0 Å². The van der Waals surface area contributed by atoms with E-state index >= 15 is 0 Å². The Labute approximate surface area is 88.7 Å². The summed E-state index contributed by atoms with van der Waals surface area (Å²) < 4.78 is 0. The quantitative estimate of drug-likeness (QED) is 0.783. The lowest BCUT2D eigenvalue weighted by atomic mass is 10.2. The maximum Gasteiger partial charge on any atom is 0.260 e. The van der Waals surface area contributed by atoms with Crippen LogP contribution in [0.15, 0.2) is 23.1 Å². The number of hydrogen-bond acceptors (Lipinski definition) is 2. The van der Waals surface area contributed by atoms with Crippen molar-refractivity contribution in [2.75, 3.05) is 0 Å². The van der Waals surface area contributed by atoms with E-state index in [4.69, 9.17) is 0 Å². The molecule has 0 fully saturated rings. The van der Waals surface area contributed by atoms with Crippen molar-refractivity contribution in [2.24, 2.45) is 0 Å². The van der Waals surface area contributed by atoms with Crippen LogP contribution >= 0.6 is 0 Å². The molecule has 4 nitrogen and oxygen atoms in total. The summed E-state index contributed by atoms with van der Waals surface area (Å²) in [4.78, 5) is 25.4. The first-order valence-electron chi connectivity index (χ1n) is 5.13. The normalized spacial score (nSPS) is 12.1. The minimum atomic E-state index is -0.348. The maximum atomic E-state index is 11.6. The standard InChI is InChI=1S/C11H16N2O2/c1-3-5-8(2)13-11(15)9-6-4-7-12-10(9)14/h4,6-8H,3,5H2,1-2H3,(H,12,14)(H,13,15)/t8-/m0/s1. The summed E-state index contributed by atoms with van der Waals surface area (Å²) in [7, 11) is 0. The van der Waals surface area contributed by atoms with E-state index in [1.54, 1.807) is 6.07 Å². The zero-order valence-corrected chi connectivity index (χ0v) is 9.04. The van der Waals surface area contributed by atoms with Crippen molar-refractivity contribution < 1.29 is 4.79 Å². The van der Waals surface area contributed by atoms with E-state index in [2.05, 4.69) is 17.2 Å². The molecule has 0 aliphatic rings. The highest BCUT2D eigenvalue weighted by molar-refractivity contribution is 5.93. The van der Waals surface area contributed by atoms with Gasteiger partial charge in [-0.2, -0.15) is 0 Å². The first kappa shape index (κ1) is 11.5. The Morgan fingerprint density at radius 2 is 2.33 bits per heavy atom. The largest absolute Gasteiger partial charge is 0.349 e. The van der Waals surface area contributed by atoms with Gasteiger partial charge in [0.25, 0.3) is 11.5 Å². The molecule has 1 heterocycles. The Kier molecular flexibility index (Phi) is 4.09. The number of nitrogens with one attached hydrogen (secondary N) is 2. The second-order valence-corrected chi connectivity index (χ2v) is 3.58. The first-order chi connectivity index (χ1) is 7.15. The number of pyridine rings is 1. The summed E-state index contributed by atoms with van der Waals surface area (Å²) >= 11 is 0. The fourth-order valence-electron chi connectivity index (χ4n) is 1.41. The molecule has 0 aromatic carbocycles. The van der Waals surface area contributed by atoms with Gasteiger partial charge in [0.1, 0.15) is 5.56 Å². The summed E-state index contributed by atoms with van der Waals surface area (Å²) in [5.74, 6) is -0.308. The van der Waals surface area contributed by atoms with Gasteiger partial charge in [0.15, 0.2) is 0 Å². The van der Waals surface area contributed by atoms with Gasteiger partial charge in [-0.05, 0) is 25.5 Å². The van der Waals surface area contributed by atoms with Crippen LogP contribution in [0.3, 0.4) is 0 Å². The average Bonchev–Trinajstić information content (AvgIpc) is 2.18. The minimum absolute atomic E-state index is 0.0992. The van der Waals surface area contributed by atoms with Crippen LogP contribution in [0, 0.1) is 0 Å². The molecule has 0 unspecified atom stereocenters. The number of carbonyl (C=O) groups excluding carboxylic acids is 1.